The fourth-order valence-electron chi connectivity index (χ4n) is 7.59. The number of benzene rings is 2. The van der Waals surface area contributed by atoms with Gasteiger partial charge in [0.1, 0.15) is 11.5 Å². The molecule has 0 radical (unpaired) electrons. The van der Waals surface area contributed by atoms with Crippen LogP contribution in [0.2, 0.25) is 0 Å². The highest BCUT2D eigenvalue weighted by Crippen LogP contribution is 2.66. The van der Waals surface area contributed by atoms with Crippen LogP contribution in [0.5, 0.6) is 17.2 Å². The molecule has 7 rings (SSSR count). The molecule has 1 amide bonds. The summed E-state index contributed by atoms with van der Waals surface area (Å²) in [5.41, 5.74) is 0.910. The van der Waals surface area contributed by atoms with Crippen LogP contribution in [-0.2, 0) is 23.1 Å². The fraction of sp³-hybridized carbons (Fsp3) is 0.500. The number of methoxy groups -OCH3 is 1. The molecule has 4 N–H and O–H groups in total. The third-order valence-electron chi connectivity index (χ3n) is 9.65. The maximum Gasteiger partial charge on any atom is 0.250 e. The second kappa shape index (κ2) is 8.38. The van der Waals surface area contributed by atoms with Gasteiger partial charge in [0.2, 0.25) is 0 Å². The zero-order valence-corrected chi connectivity index (χ0v) is 21.6. The topological polar surface area (TPSA) is 111 Å². The largest absolute Gasteiger partial charge is 0.508 e. The third kappa shape index (κ3) is 3.26. The Morgan fingerprint density at radius 1 is 1.18 bits per heavy atom. The summed E-state index contributed by atoms with van der Waals surface area (Å²) >= 11 is 0. The summed E-state index contributed by atoms with van der Waals surface area (Å²) in [5.74, 6) is 1.26. The summed E-state index contributed by atoms with van der Waals surface area (Å²) < 4.78 is 11.5. The summed E-state index contributed by atoms with van der Waals surface area (Å²) in [6, 6.07) is 11.1. The van der Waals surface area contributed by atoms with Gasteiger partial charge in [-0.15, -0.1) is 0 Å². The number of carbonyl (C=O) groups is 1. The quantitative estimate of drug-likeness (QED) is 0.446. The molecule has 5 aliphatic rings. The van der Waals surface area contributed by atoms with Gasteiger partial charge in [0, 0.05) is 31.1 Å². The first kappa shape index (κ1) is 23.9. The van der Waals surface area contributed by atoms with E-state index in [4.69, 9.17) is 9.47 Å². The molecule has 1 spiro atoms. The lowest BCUT2D eigenvalue weighted by molar-refractivity contribution is -0.172. The highest BCUT2D eigenvalue weighted by atomic mass is 16.5. The molecule has 2 fully saturated rings. The molecule has 1 saturated heterocycles. The zero-order chi connectivity index (χ0) is 26.2. The van der Waals surface area contributed by atoms with Crippen LogP contribution in [0.15, 0.2) is 47.7 Å². The van der Waals surface area contributed by atoms with Gasteiger partial charge in [0.25, 0.3) is 5.91 Å². The summed E-state index contributed by atoms with van der Waals surface area (Å²) in [7, 11) is 1.62. The minimum atomic E-state index is -1.30. The van der Waals surface area contributed by atoms with Gasteiger partial charge >= 0.3 is 0 Å². The smallest absolute Gasteiger partial charge is 0.250 e. The summed E-state index contributed by atoms with van der Waals surface area (Å²) in [4.78, 5) is 15.9. The van der Waals surface area contributed by atoms with Gasteiger partial charge in [0.05, 0.1) is 23.7 Å². The van der Waals surface area contributed by atoms with Crippen molar-refractivity contribution in [2.75, 3.05) is 26.7 Å². The second-order valence-corrected chi connectivity index (χ2v) is 11.6. The Kier molecular flexibility index (Phi) is 5.26. The van der Waals surface area contributed by atoms with E-state index in [1.54, 1.807) is 13.2 Å². The van der Waals surface area contributed by atoms with Gasteiger partial charge in [-0.3, -0.25) is 9.69 Å². The van der Waals surface area contributed by atoms with Gasteiger partial charge in [0.15, 0.2) is 17.6 Å². The van der Waals surface area contributed by atoms with Gasteiger partial charge in [-0.05, 0) is 73.9 Å². The number of hydrogen-bond donors (Lipinski definition) is 4. The van der Waals surface area contributed by atoms with Gasteiger partial charge in [-0.25, -0.2) is 0 Å². The molecule has 8 nitrogen and oxygen atoms in total. The van der Waals surface area contributed by atoms with Crippen LogP contribution < -0.4 is 14.8 Å². The monoisotopic (exact) mass is 518 g/mol. The van der Waals surface area contributed by atoms with E-state index in [0.29, 0.717) is 37.5 Å². The average molecular weight is 519 g/mol. The molecule has 2 aliphatic heterocycles. The van der Waals surface area contributed by atoms with Gasteiger partial charge in [-0.1, -0.05) is 18.2 Å². The van der Waals surface area contributed by atoms with Gasteiger partial charge < -0.3 is 30.1 Å². The minimum Gasteiger partial charge on any atom is -0.508 e. The second-order valence-electron chi connectivity index (χ2n) is 11.6. The van der Waals surface area contributed by atoms with Crippen LogP contribution in [0.4, 0.5) is 0 Å². The van der Waals surface area contributed by atoms with Crippen molar-refractivity contribution in [2.24, 2.45) is 5.92 Å². The van der Waals surface area contributed by atoms with E-state index in [2.05, 4.69) is 10.2 Å². The maximum absolute atomic E-state index is 13.5. The molecular formula is C30H34N2O6. The molecular weight excluding hydrogens is 484 g/mol. The molecule has 2 heterocycles. The molecule has 4 atom stereocenters. The van der Waals surface area contributed by atoms with E-state index < -0.39 is 17.1 Å². The number of phenolic OH excluding ortho intramolecular Hbond substituents is 1. The van der Waals surface area contributed by atoms with Crippen LogP contribution in [0.1, 0.15) is 42.4 Å². The van der Waals surface area contributed by atoms with Gasteiger partial charge in [-0.2, -0.15) is 0 Å². The van der Waals surface area contributed by atoms with Crippen LogP contribution >= 0.6 is 0 Å². The van der Waals surface area contributed by atoms with Crippen LogP contribution in [-0.4, -0.2) is 70.6 Å². The van der Waals surface area contributed by atoms with E-state index in [1.165, 1.54) is 12.8 Å². The molecule has 3 aliphatic carbocycles. The van der Waals surface area contributed by atoms with Crippen LogP contribution in [0, 0.1) is 5.92 Å². The molecule has 200 valence electrons. The number of piperidine rings is 1. The Hall–Kier alpha value is -3.23. The van der Waals surface area contributed by atoms with Crippen molar-refractivity contribution >= 4 is 5.91 Å². The van der Waals surface area contributed by atoms with Crippen molar-refractivity contribution < 1.29 is 29.6 Å². The molecule has 0 aromatic heterocycles. The number of rotatable bonds is 7. The Morgan fingerprint density at radius 3 is 2.71 bits per heavy atom. The predicted octanol–water partition coefficient (Wildman–Crippen LogP) is 2.75. The van der Waals surface area contributed by atoms with Crippen molar-refractivity contribution in [2.45, 2.75) is 61.7 Å². The minimum absolute atomic E-state index is 0.00651. The van der Waals surface area contributed by atoms with E-state index in [9.17, 15) is 20.1 Å². The van der Waals surface area contributed by atoms with Crippen LogP contribution in [0.25, 0.3) is 0 Å². The zero-order valence-electron chi connectivity index (χ0n) is 21.6. The fourth-order valence-corrected chi connectivity index (χ4v) is 7.59. The van der Waals surface area contributed by atoms with E-state index in [1.807, 2.05) is 30.3 Å². The summed E-state index contributed by atoms with van der Waals surface area (Å²) in [6.07, 6.45) is 3.42. The number of carbonyl (C=O) groups excluding carboxylic acids is 1. The lowest BCUT2D eigenvalue weighted by atomic mass is 9.49. The van der Waals surface area contributed by atoms with Crippen LogP contribution in [0.3, 0.4) is 0 Å². The molecule has 1 saturated carbocycles. The van der Waals surface area contributed by atoms with Crippen molar-refractivity contribution in [1.29, 1.82) is 0 Å². The number of likely N-dealkylation sites (tertiary alicyclic amines) is 1. The lowest BCUT2D eigenvalue weighted by Crippen LogP contribution is -2.75. The summed E-state index contributed by atoms with van der Waals surface area (Å²) in [6.45, 7) is 2.11. The van der Waals surface area contributed by atoms with Crippen molar-refractivity contribution in [3.05, 3.63) is 64.4 Å². The summed E-state index contributed by atoms with van der Waals surface area (Å²) in [5, 5.41) is 37.8. The Bertz CT molecular complexity index is 1330. The number of aliphatic hydroxyl groups is 2. The number of aliphatic hydroxyl groups excluding tert-OH is 1. The predicted molar refractivity (Wildman–Crippen MR) is 140 cm³/mol. The normalized spacial score (nSPS) is 31.0. The van der Waals surface area contributed by atoms with E-state index in [-0.39, 0.29) is 35.5 Å². The highest BCUT2D eigenvalue weighted by Gasteiger charge is 2.73. The number of phenols is 1. The van der Waals surface area contributed by atoms with Crippen molar-refractivity contribution in [3.8, 4) is 17.2 Å². The molecule has 8 heteroatoms. The Labute approximate surface area is 221 Å². The van der Waals surface area contributed by atoms with Crippen molar-refractivity contribution in [1.82, 2.24) is 10.2 Å². The van der Waals surface area contributed by atoms with E-state index in [0.717, 1.165) is 35.5 Å². The standard InChI is InChI=1S/C30H34N2O6/c1-37-20-7-4-17(5-8-20)10-12-31-28(35)21-15-30(36)23-14-19-6-9-22(33)26-24(19)29(30,27(38-26)25(21)34)11-13-32(23)16-18-2-3-18/h4-9,18,23,27,33-34,36H,2-3,10-16H2,1H3,(H,31,35)/t23-,27+,29+,30-/m1/s1. The number of amides is 1. The van der Waals surface area contributed by atoms with Crippen molar-refractivity contribution in [3.63, 3.8) is 0 Å². The first-order valence-electron chi connectivity index (χ1n) is 13.7. The number of nitrogens with zero attached hydrogens (tertiary/aromatic N) is 1. The highest BCUT2D eigenvalue weighted by molar-refractivity contribution is 5.95. The number of ether oxygens (including phenoxy) is 2. The lowest BCUT2D eigenvalue weighted by Gasteiger charge is -2.62. The first-order chi connectivity index (χ1) is 18.4. The Morgan fingerprint density at radius 2 is 1.97 bits per heavy atom. The molecule has 38 heavy (non-hydrogen) atoms. The average Bonchev–Trinajstić information content (AvgIpc) is 3.66. The first-order valence-corrected chi connectivity index (χ1v) is 13.7. The molecule has 2 aromatic rings. The number of hydrogen-bond acceptors (Lipinski definition) is 7. The molecule has 2 aromatic carbocycles. The Balaban J connectivity index is 1.21. The number of aromatic hydroxyl groups is 1. The molecule has 0 unspecified atom stereocenters. The number of nitrogens with one attached hydrogen (secondary N) is 1. The van der Waals surface area contributed by atoms with E-state index >= 15 is 0 Å². The SMILES string of the molecule is COc1ccc(CCNC(=O)C2=C(O)[C@@H]3Oc4c(O)ccc5c4[C@@]34CCN(CC3CC3)[C@H](C5)[C@]4(O)C2)cc1. The molecule has 2 bridgehead atoms. The maximum atomic E-state index is 13.5. The third-order valence-corrected chi connectivity index (χ3v) is 9.65.